The second-order valence-electron chi connectivity index (χ2n) is 4.48. The molecule has 0 spiro atoms. The number of benzene rings is 2. The number of esters is 2. The molecule has 0 aliphatic heterocycles. The van der Waals surface area contributed by atoms with E-state index in [2.05, 4.69) is 20.7 Å². The predicted octanol–water partition coefficient (Wildman–Crippen LogP) is 3.85. The summed E-state index contributed by atoms with van der Waals surface area (Å²) < 4.78 is 15.8. The van der Waals surface area contributed by atoms with E-state index in [9.17, 15) is 9.59 Å². The first kappa shape index (κ1) is 17.0. The summed E-state index contributed by atoms with van der Waals surface area (Å²) in [5.74, 6) is 0.0406. The van der Waals surface area contributed by atoms with Gasteiger partial charge in [-0.25, -0.2) is 9.59 Å². The molecular formula is C17H15BrO5. The van der Waals surface area contributed by atoms with Gasteiger partial charge < -0.3 is 14.2 Å². The minimum Gasteiger partial charge on any atom is -0.494 e. The first-order chi connectivity index (χ1) is 11.0. The highest BCUT2D eigenvalue weighted by Crippen LogP contribution is 2.27. The van der Waals surface area contributed by atoms with Crippen molar-refractivity contribution in [1.82, 2.24) is 0 Å². The quantitative estimate of drug-likeness (QED) is 0.583. The van der Waals surface area contributed by atoms with Crippen molar-refractivity contribution < 1.29 is 23.8 Å². The molecule has 0 bridgehead atoms. The zero-order chi connectivity index (χ0) is 16.8. The Morgan fingerprint density at radius 3 is 2.22 bits per heavy atom. The highest BCUT2D eigenvalue weighted by molar-refractivity contribution is 9.10. The third-order valence-electron chi connectivity index (χ3n) is 2.96. The van der Waals surface area contributed by atoms with Crippen molar-refractivity contribution >= 4 is 27.9 Å². The van der Waals surface area contributed by atoms with E-state index < -0.39 is 11.9 Å². The molecule has 0 saturated heterocycles. The summed E-state index contributed by atoms with van der Waals surface area (Å²) in [6.07, 6.45) is 0. The first-order valence-corrected chi connectivity index (χ1v) is 7.67. The molecule has 0 radical (unpaired) electrons. The second kappa shape index (κ2) is 7.78. The molecule has 5 nitrogen and oxygen atoms in total. The van der Waals surface area contributed by atoms with E-state index in [-0.39, 0.29) is 0 Å². The molecule has 0 amide bonds. The number of halogens is 1. The summed E-state index contributed by atoms with van der Waals surface area (Å²) in [4.78, 5) is 23.6. The smallest absolute Gasteiger partial charge is 0.343 e. The molecule has 0 fully saturated rings. The molecule has 0 saturated carbocycles. The number of methoxy groups -OCH3 is 1. The van der Waals surface area contributed by atoms with Crippen molar-refractivity contribution in [2.45, 2.75) is 6.92 Å². The minimum atomic E-state index is -0.500. The Hall–Kier alpha value is -2.34. The van der Waals surface area contributed by atoms with Crippen LogP contribution in [0.25, 0.3) is 0 Å². The van der Waals surface area contributed by atoms with Crippen molar-refractivity contribution in [2.75, 3.05) is 13.7 Å². The third kappa shape index (κ3) is 4.32. The summed E-state index contributed by atoms with van der Waals surface area (Å²) in [5.41, 5.74) is 0.762. The standard InChI is InChI=1S/C17H15BrO5/c1-3-22-13-7-4-11(5-8-13)17(20)23-15-9-6-12(10-14(15)18)16(19)21-2/h4-10H,3H2,1-2H3. The molecule has 0 aliphatic carbocycles. The van der Waals surface area contributed by atoms with Gasteiger partial charge in [0.15, 0.2) is 0 Å². The van der Waals surface area contributed by atoms with Gasteiger partial charge in [0.1, 0.15) is 11.5 Å². The van der Waals surface area contributed by atoms with Crippen LogP contribution in [0.15, 0.2) is 46.9 Å². The van der Waals surface area contributed by atoms with Gasteiger partial charge in [0.05, 0.1) is 29.3 Å². The predicted molar refractivity (Wildman–Crippen MR) is 88.1 cm³/mol. The molecule has 120 valence electrons. The van der Waals surface area contributed by atoms with Crippen LogP contribution < -0.4 is 9.47 Å². The van der Waals surface area contributed by atoms with Gasteiger partial charge in [-0.3, -0.25) is 0 Å². The molecule has 0 aliphatic rings. The van der Waals surface area contributed by atoms with Crippen LogP contribution in [-0.4, -0.2) is 25.7 Å². The summed E-state index contributed by atoms with van der Waals surface area (Å²) >= 11 is 3.27. The lowest BCUT2D eigenvalue weighted by atomic mass is 10.2. The van der Waals surface area contributed by atoms with E-state index >= 15 is 0 Å². The van der Waals surface area contributed by atoms with Crippen molar-refractivity contribution in [2.24, 2.45) is 0 Å². The van der Waals surface area contributed by atoms with E-state index in [1.807, 2.05) is 6.92 Å². The Morgan fingerprint density at radius 1 is 1.00 bits per heavy atom. The lowest BCUT2D eigenvalue weighted by molar-refractivity contribution is 0.0600. The summed E-state index contributed by atoms with van der Waals surface area (Å²) in [5, 5.41) is 0. The Labute approximate surface area is 142 Å². The van der Waals surface area contributed by atoms with Crippen LogP contribution in [-0.2, 0) is 4.74 Å². The zero-order valence-corrected chi connectivity index (χ0v) is 14.3. The normalized spacial score (nSPS) is 10.0. The fraction of sp³-hybridized carbons (Fsp3) is 0.176. The Kier molecular flexibility index (Phi) is 5.76. The fourth-order valence-electron chi connectivity index (χ4n) is 1.84. The third-order valence-corrected chi connectivity index (χ3v) is 3.58. The van der Waals surface area contributed by atoms with Gasteiger partial charge in [-0.15, -0.1) is 0 Å². The molecular weight excluding hydrogens is 364 g/mol. The van der Waals surface area contributed by atoms with E-state index in [0.29, 0.717) is 33.7 Å². The van der Waals surface area contributed by atoms with E-state index in [1.165, 1.54) is 25.3 Å². The van der Waals surface area contributed by atoms with E-state index in [0.717, 1.165) is 0 Å². The number of hydrogen-bond donors (Lipinski definition) is 0. The van der Waals surface area contributed by atoms with E-state index in [1.54, 1.807) is 24.3 Å². The van der Waals surface area contributed by atoms with Gasteiger partial charge in [-0.2, -0.15) is 0 Å². The number of rotatable bonds is 5. The highest BCUT2D eigenvalue weighted by Gasteiger charge is 2.13. The molecule has 2 aromatic carbocycles. The number of hydrogen-bond acceptors (Lipinski definition) is 5. The summed E-state index contributed by atoms with van der Waals surface area (Å²) in [6.45, 7) is 2.45. The SMILES string of the molecule is CCOc1ccc(C(=O)Oc2ccc(C(=O)OC)cc2Br)cc1. The maximum Gasteiger partial charge on any atom is 0.343 e. The van der Waals surface area contributed by atoms with Gasteiger partial charge >= 0.3 is 11.9 Å². The molecule has 0 atom stereocenters. The van der Waals surface area contributed by atoms with Crippen LogP contribution in [0.3, 0.4) is 0 Å². The molecule has 0 N–H and O–H groups in total. The molecule has 0 aromatic heterocycles. The summed E-state index contributed by atoms with van der Waals surface area (Å²) in [7, 11) is 1.30. The number of carbonyl (C=O) groups is 2. The van der Waals surface area contributed by atoms with Crippen molar-refractivity contribution in [3.63, 3.8) is 0 Å². The van der Waals surface area contributed by atoms with Gasteiger partial charge in [0.25, 0.3) is 0 Å². The highest BCUT2D eigenvalue weighted by atomic mass is 79.9. The van der Waals surface area contributed by atoms with Crippen LogP contribution in [0.4, 0.5) is 0 Å². The van der Waals surface area contributed by atoms with Gasteiger partial charge in [-0.1, -0.05) is 0 Å². The zero-order valence-electron chi connectivity index (χ0n) is 12.7. The average Bonchev–Trinajstić information content (AvgIpc) is 2.56. The van der Waals surface area contributed by atoms with Crippen LogP contribution in [0.1, 0.15) is 27.6 Å². The van der Waals surface area contributed by atoms with Crippen molar-refractivity contribution in [3.8, 4) is 11.5 Å². The molecule has 2 aromatic rings. The molecule has 6 heteroatoms. The molecule has 2 rings (SSSR count). The molecule has 0 heterocycles. The minimum absolute atomic E-state index is 0.316. The van der Waals surface area contributed by atoms with Gasteiger partial charge in [0, 0.05) is 0 Å². The maximum atomic E-state index is 12.1. The molecule has 0 unspecified atom stereocenters. The van der Waals surface area contributed by atoms with Crippen LogP contribution in [0.2, 0.25) is 0 Å². The second-order valence-corrected chi connectivity index (χ2v) is 5.34. The average molecular weight is 379 g/mol. The van der Waals surface area contributed by atoms with Crippen LogP contribution >= 0.6 is 15.9 Å². The Balaban J connectivity index is 2.12. The van der Waals surface area contributed by atoms with Gasteiger partial charge in [-0.05, 0) is 65.3 Å². The van der Waals surface area contributed by atoms with Crippen molar-refractivity contribution in [3.05, 3.63) is 58.1 Å². The number of ether oxygens (including phenoxy) is 3. The topological polar surface area (TPSA) is 61.8 Å². The fourth-order valence-corrected chi connectivity index (χ4v) is 2.30. The Morgan fingerprint density at radius 2 is 1.65 bits per heavy atom. The first-order valence-electron chi connectivity index (χ1n) is 6.88. The lowest BCUT2D eigenvalue weighted by Crippen LogP contribution is -2.09. The maximum absolute atomic E-state index is 12.1. The van der Waals surface area contributed by atoms with E-state index in [4.69, 9.17) is 9.47 Å². The monoisotopic (exact) mass is 378 g/mol. The van der Waals surface area contributed by atoms with Crippen molar-refractivity contribution in [1.29, 1.82) is 0 Å². The largest absolute Gasteiger partial charge is 0.494 e. The van der Waals surface area contributed by atoms with Gasteiger partial charge in [0.2, 0.25) is 0 Å². The van der Waals surface area contributed by atoms with Crippen LogP contribution in [0, 0.1) is 0 Å². The van der Waals surface area contributed by atoms with Crippen LogP contribution in [0.5, 0.6) is 11.5 Å². The Bertz CT molecular complexity index is 709. The summed E-state index contributed by atoms with van der Waals surface area (Å²) in [6, 6.07) is 11.3. The lowest BCUT2D eigenvalue weighted by Gasteiger charge is -2.08. The number of carbonyl (C=O) groups excluding carboxylic acids is 2. The molecule has 23 heavy (non-hydrogen) atoms.